The molecule has 5 heteroatoms. The van der Waals surface area contributed by atoms with E-state index in [1.807, 2.05) is 6.08 Å². The van der Waals surface area contributed by atoms with E-state index in [1.165, 1.54) is 70.6 Å². The lowest BCUT2D eigenvalue weighted by molar-refractivity contribution is -0.162. The molecular formula is C65H102O5. The molecule has 5 nitrogen and oxygen atoms in total. The number of allylic oxidation sites excluding steroid dienone is 26. The van der Waals surface area contributed by atoms with Crippen molar-refractivity contribution in [3.63, 3.8) is 0 Å². The Morgan fingerprint density at radius 2 is 0.671 bits per heavy atom. The largest absolute Gasteiger partial charge is 0.462 e. The first-order chi connectivity index (χ1) is 34.6. The first-order valence-corrected chi connectivity index (χ1v) is 28.0. The van der Waals surface area contributed by atoms with E-state index in [-0.39, 0.29) is 31.6 Å². The van der Waals surface area contributed by atoms with Gasteiger partial charge in [0.2, 0.25) is 0 Å². The molecule has 0 saturated carbocycles. The molecular weight excluding hydrogens is 861 g/mol. The van der Waals surface area contributed by atoms with E-state index >= 15 is 0 Å². The SMILES string of the molecule is CC/C=C\C/C=C\C/C=C\C/C=C\C/C=C\C/C=C\CCC(=O)OCC(COCCCCCCCCCC/C=C\C/C=C\CCCCC)OC(=O)CCC/C=C\C/C=C\C/C=C\C/C=C\C/C=C\CC. The van der Waals surface area contributed by atoms with Gasteiger partial charge in [0.25, 0.3) is 0 Å². The highest BCUT2D eigenvalue weighted by Gasteiger charge is 2.17. The van der Waals surface area contributed by atoms with Gasteiger partial charge in [-0.1, -0.05) is 230 Å². The molecule has 1 atom stereocenters. The predicted molar refractivity (Wildman–Crippen MR) is 306 cm³/mol. The Kier molecular flexibility index (Phi) is 55.1. The lowest BCUT2D eigenvalue weighted by Gasteiger charge is -2.18. The molecule has 0 aliphatic carbocycles. The average molecular weight is 964 g/mol. The Bertz CT molecular complexity index is 1560. The fraction of sp³-hybridized carbons (Fsp3) is 0.569. The molecule has 70 heavy (non-hydrogen) atoms. The summed E-state index contributed by atoms with van der Waals surface area (Å²) >= 11 is 0. The van der Waals surface area contributed by atoms with E-state index < -0.39 is 6.10 Å². The van der Waals surface area contributed by atoms with Crippen LogP contribution in [0.1, 0.15) is 213 Å². The molecule has 0 fully saturated rings. The first-order valence-electron chi connectivity index (χ1n) is 28.0. The summed E-state index contributed by atoms with van der Waals surface area (Å²) in [7, 11) is 0. The fourth-order valence-corrected chi connectivity index (χ4v) is 6.95. The third-order valence-electron chi connectivity index (χ3n) is 11.0. The summed E-state index contributed by atoms with van der Waals surface area (Å²) in [5.41, 5.74) is 0. The van der Waals surface area contributed by atoms with Gasteiger partial charge in [0.15, 0.2) is 6.10 Å². The van der Waals surface area contributed by atoms with Crippen molar-refractivity contribution in [2.75, 3.05) is 19.8 Å². The van der Waals surface area contributed by atoms with Crippen molar-refractivity contribution in [3.8, 4) is 0 Å². The third-order valence-corrected chi connectivity index (χ3v) is 11.0. The van der Waals surface area contributed by atoms with Crippen LogP contribution in [0.5, 0.6) is 0 Å². The maximum Gasteiger partial charge on any atom is 0.306 e. The molecule has 0 amide bonds. The summed E-state index contributed by atoms with van der Waals surface area (Å²) in [5, 5.41) is 0. The second kappa shape index (κ2) is 58.8. The van der Waals surface area contributed by atoms with E-state index in [0.717, 1.165) is 96.3 Å². The van der Waals surface area contributed by atoms with Crippen molar-refractivity contribution in [2.24, 2.45) is 0 Å². The van der Waals surface area contributed by atoms with E-state index in [4.69, 9.17) is 14.2 Å². The van der Waals surface area contributed by atoms with Crippen molar-refractivity contribution >= 4 is 11.9 Å². The quantitative estimate of drug-likeness (QED) is 0.0345. The molecule has 392 valence electrons. The van der Waals surface area contributed by atoms with Crippen LogP contribution in [0, 0.1) is 0 Å². The molecule has 0 saturated heterocycles. The average Bonchev–Trinajstić information content (AvgIpc) is 3.36. The van der Waals surface area contributed by atoms with Crippen LogP contribution in [-0.4, -0.2) is 37.9 Å². The van der Waals surface area contributed by atoms with Crippen molar-refractivity contribution in [1.29, 1.82) is 0 Å². The number of rotatable bonds is 49. The van der Waals surface area contributed by atoms with Crippen LogP contribution >= 0.6 is 0 Å². The zero-order valence-electron chi connectivity index (χ0n) is 45.0. The van der Waals surface area contributed by atoms with Gasteiger partial charge in [-0.15, -0.1) is 0 Å². The van der Waals surface area contributed by atoms with Gasteiger partial charge in [-0.25, -0.2) is 0 Å². The maximum atomic E-state index is 12.8. The van der Waals surface area contributed by atoms with Crippen LogP contribution in [0.15, 0.2) is 158 Å². The van der Waals surface area contributed by atoms with E-state index in [2.05, 4.69) is 173 Å². The molecule has 0 N–H and O–H groups in total. The Hall–Kier alpha value is -4.48. The smallest absolute Gasteiger partial charge is 0.306 e. The van der Waals surface area contributed by atoms with Crippen molar-refractivity contribution in [1.82, 2.24) is 0 Å². The molecule has 1 unspecified atom stereocenters. The second-order valence-corrected chi connectivity index (χ2v) is 17.7. The topological polar surface area (TPSA) is 61.8 Å². The molecule has 0 aromatic rings. The molecule has 0 spiro atoms. The van der Waals surface area contributed by atoms with Gasteiger partial charge in [-0.2, -0.15) is 0 Å². The Labute approximate surface area is 431 Å². The monoisotopic (exact) mass is 963 g/mol. The standard InChI is InChI=1S/C65H102O5/c1-4-7-10-13-16-19-22-25-28-31-33-35-37-40-43-46-49-52-55-58-64(66)69-62-63(61-68-60-57-54-51-48-45-42-39-36-32-29-26-23-20-17-14-11-8-5-2)70-65(67)59-56-53-50-47-44-41-38-34-30-27-24-21-18-15-12-9-6-3/h7,9-10,12,16-21,25-30,33,35,38,40-41,43,47,49-50,52,63H,4-6,8,11,13-15,22-24,31-32,34,36-37,39,42,44-46,48,51,53-62H2,1-3H3/b10-7-,12-9-,19-16-,20-17-,21-18-,28-25-,29-26-,30-27-,35-33-,41-38-,43-40-,50-47-,52-49-. The summed E-state index contributed by atoms with van der Waals surface area (Å²) in [5.74, 6) is -0.576. The van der Waals surface area contributed by atoms with Crippen molar-refractivity contribution in [3.05, 3.63) is 158 Å². The highest BCUT2D eigenvalue weighted by Crippen LogP contribution is 2.12. The zero-order chi connectivity index (χ0) is 50.6. The van der Waals surface area contributed by atoms with E-state index in [1.54, 1.807) is 0 Å². The summed E-state index contributed by atoms with van der Waals surface area (Å²) in [6.07, 6.45) is 87.1. The van der Waals surface area contributed by atoms with Gasteiger partial charge < -0.3 is 14.2 Å². The van der Waals surface area contributed by atoms with Crippen LogP contribution < -0.4 is 0 Å². The van der Waals surface area contributed by atoms with Gasteiger partial charge in [0.1, 0.15) is 6.61 Å². The Morgan fingerprint density at radius 1 is 0.329 bits per heavy atom. The van der Waals surface area contributed by atoms with Gasteiger partial charge in [0, 0.05) is 19.4 Å². The minimum atomic E-state index is -0.613. The number of carbonyl (C=O) groups is 2. The highest BCUT2D eigenvalue weighted by molar-refractivity contribution is 5.70. The van der Waals surface area contributed by atoms with Crippen LogP contribution in [0.25, 0.3) is 0 Å². The first kappa shape index (κ1) is 65.5. The number of hydrogen-bond acceptors (Lipinski definition) is 5. The second-order valence-electron chi connectivity index (χ2n) is 17.7. The maximum absolute atomic E-state index is 12.8. The van der Waals surface area contributed by atoms with Crippen LogP contribution in [-0.2, 0) is 23.8 Å². The molecule has 0 radical (unpaired) electrons. The number of ether oxygens (including phenoxy) is 3. The molecule has 0 bridgehead atoms. The molecule has 0 aromatic heterocycles. The zero-order valence-corrected chi connectivity index (χ0v) is 45.0. The lowest BCUT2D eigenvalue weighted by atomic mass is 10.1. The predicted octanol–water partition coefficient (Wildman–Crippen LogP) is 19.5. The van der Waals surface area contributed by atoms with Crippen LogP contribution in [0.3, 0.4) is 0 Å². The summed E-state index contributed by atoms with van der Waals surface area (Å²) < 4.78 is 17.3. The Balaban J connectivity index is 4.53. The molecule has 0 aliphatic heterocycles. The number of esters is 2. The minimum Gasteiger partial charge on any atom is -0.462 e. The fourth-order valence-electron chi connectivity index (χ4n) is 6.95. The molecule has 0 aliphatic rings. The summed E-state index contributed by atoms with van der Waals surface area (Å²) in [6, 6.07) is 0. The highest BCUT2D eigenvalue weighted by atomic mass is 16.6. The number of hydrogen-bond donors (Lipinski definition) is 0. The van der Waals surface area contributed by atoms with Crippen molar-refractivity contribution in [2.45, 2.75) is 219 Å². The molecule has 0 aromatic carbocycles. The van der Waals surface area contributed by atoms with Gasteiger partial charge in [0.05, 0.1) is 6.61 Å². The lowest BCUT2D eigenvalue weighted by Crippen LogP contribution is -2.30. The van der Waals surface area contributed by atoms with Crippen molar-refractivity contribution < 1.29 is 23.8 Å². The van der Waals surface area contributed by atoms with Gasteiger partial charge >= 0.3 is 11.9 Å². The molecule has 0 heterocycles. The molecule has 0 rings (SSSR count). The Morgan fingerprint density at radius 3 is 1.09 bits per heavy atom. The number of carbonyl (C=O) groups excluding carboxylic acids is 2. The summed E-state index contributed by atoms with van der Waals surface area (Å²) in [6.45, 7) is 7.40. The van der Waals surface area contributed by atoms with E-state index in [0.29, 0.717) is 25.9 Å². The van der Waals surface area contributed by atoms with E-state index in [9.17, 15) is 9.59 Å². The normalized spacial score (nSPS) is 13.5. The summed E-state index contributed by atoms with van der Waals surface area (Å²) in [4.78, 5) is 25.5. The number of unbranched alkanes of at least 4 members (excludes halogenated alkanes) is 12. The van der Waals surface area contributed by atoms with Crippen LogP contribution in [0.4, 0.5) is 0 Å². The van der Waals surface area contributed by atoms with Gasteiger partial charge in [-0.05, 0) is 128 Å². The minimum absolute atomic E-state index is 0.00899. The third kappa shape index (κ3) is 56.1. The van der Waals surface area contributed by atoms with Crippen LogP contribution in [0.2, 0.25) is 0 Å². The van der Waals surface area contributed by atoms with Gasteiger partial charge in [-0.3, -0.25) is 9.59 Å².